The monoisotopic (exact) mass is 492 g/mol. The van der Waals surface area contributed by atoms with Crippen LogP contribution in [0.25, 0.3) is 11.3 Å². The highest BCUT2D eigenvalue weighted by Gasteiger charge is 2.32. The molecule has 0 spiro atoms. The first-order valence-electron chi connectivity index (χ1n) is 9.31. The third kappa shape index (κ3) is 5.10. The maximum atomic E-state index is 12.9. The fourth-order valence-electron chi connectivity index (χ4n) is 2.91. The number of ether oxygens (including phenoxy) is 1. The minimum absolute atomic E-state index is 0.196. The molecule has 4 rings (SSSR count). The van der Waals surface area contributed by atoms with Crippen LogP contribution < -0.4 is 10.1 Å². The molecule has 0 aliphatic heterocycles. The van der Waals surface area contributed by atoms with E-state index in [4.69, 9.17) is 27.9 Å². The lowest BCUT2D eigenvalue weighted by atomic mass is 10.1. The number of nitrogens with one attached hydrogen (secondary N) is 2. The van der Waals surface area contributed by atoms with E-state index >= 15 is 0 Å². The van der Waals surface area contributed by atoms with Gasteiger partial charge in [0.05, 0.1) is 16.1 Å². The zero-order valence-corrected chi connectivity index (χ0v) is 18.0. The van der Waals surface area contributed by atoms with Gasteiger partial charge in [-0.25, -0.2) is 4.98 Å². The number of carbonyl (C=O) groups is 1. The number of amides is 1. The SMILES string of the molecule is O=C(Nc1ccc(Oc2ncc(C(F)(F)F)cc2Cl)c(-c2ccc[nH]2)c1)c1cnccc1Cl. The Balaban J connectivity index is 1.66. The topological polar surface area (TPSA) is 79.9 Å². The molecule has 0 fully saturated rings. The van der Waals surface area contributed by atoms with Crippen LogP contribution in [0.15, 0.2) is 67.3 Å². The van der Waals surface area contributed by atoms with Gasteiger partial charge in [-0.2, -0.15) is 13.2 Å². The molecule has 33 heavy (non-hydrogen) atoms. The van der Waals surface area contributed by atoms with Crippen molar-refractivity contribution in [1.29, 1.82) is 0 Å². The van der Waals surface area contributed by atoms with E-state index in [1.807, 2.05) is 0 Å². The van der Waals surface area contributed by atoms with Gasteiger partial charge in [0.2, 0.25) is 5.88 Å². The highest BCUT2D eigenvalue weighted by Crippen LogP contribution is 2.38. The Kier molecular flexibility index (Phi) is 6.26. The number of aromatic nitrogens is 3. The van der Waals surface area contributed by atoms with Crippen LogP contribution in [0.1, 0.15) is 15.9 Å². The van der Waals surface area contributed by atoms with Gasteiger partial charge in [0.25, 0.3) is 5.91 Å². The number of H-pyrrole nitrogens is 1. The fourth-order valence-corrected chi connectivity index (χ4v) is 3.30. The van der Waals surface area contributed by atoms with E-state index in [1.165, 1.54) is 24.5 Å². The van der Waals surface area contributed by atoms with E-state index in [-0.39, 0.29) is 27.2 Å². The van der Waals surface area contributed by atoms with E-state index in [0.717, 1.165) is 6.07 Å². The third-order valence-electron chi connectivity index (χ3n) is 4.48. The molecule has 3 heterocycles. The normalized spacial score (nSPS) is 11.3. The number of carbonyl (C=O) groups excluding carboxylic acids is 1. The molecule has 0 aliphatic carbocycles. The van der Waals surface area contributed by atoms with Crippen LogP contribution >= 0.6 is 23.2 Å². The largest absolute Gasteiger partial charge is 0.437 e. The lowest BCUT2D eigenvalue weighted by molar-refractivity contribution is -0.137. The van der Waals surface area contributed by atoms with Gasteiger partial charge in [-0.15, -0.1) is 0 Å². The summed E-state index contributed by atoms with van der Waals surface area (Å²) in [6.45, 7) is 0. The Morgan fingerprint density at radius 3 is 2.55 bits per heavy atom. The highest BCUT2D eigenvalue weighted by molar-refractivity contribution is 6.34. The van der Waals surface area contributed by atoms with Crippen molar-refractivity contribution < 1.29 is 22.7 Å². The molecule has 0 aliphatic rings. The number of benzene rings is 1. The molecule has 0 saturated carbocycles. The first-order chi connectivity index (χ1) is 15.7. The molecule has 0 bridgehead atoms. The van der Waals surface area contributed by atoms with Crippen molar-refractivity contribution in [3.8, 4) is 22.9 Å². The van der Waals surface area contributed by atoms with Crippen LogP contribution in [0, 0.1) is 0 Å². The molecule has 3 aromatic heterocycles. The zero-order valence-electron chi connectivity index (χ0n) is 16.5. The summed E-state index contributed by atoms with van der Waals surface area (Å²) in [4.78, 5) is 23.2. The number of aromatic amines is 1. The second-order valence-corrected chi connectivity index (χ2v) is 7.53. The van der Waals surface area contributed by atoms with E-state index in [1.54, 1.807) is 30.5 Å². The van der Waals surface area contributed by atoms with Crippen molar-refractivity contribution >= 4 is 34.8 Å². The van der Waals surface area contributed by atoms with Crippen LogP contribution in [-0.2, 0) is 6.18 Å². The standard InChI is InChI=1S/C22H13Cl2F3N4O2/c23-16-5-7-28-11-15(16)20(32)31-13-3-4-19(14(9-13)18-2-1-6-29-18)33-21-17(24)8-12(10-30-21)22(25,26)27/h1-11,29H,(H,31,32). The van der Waals surface area contributed by atoms with Crippen LogP contribution in [0.5, 0.6) is 11.6 Å². The summed E-state index contributed by atoms with van der Waals surface area (Å²) in [5, 5.41) is 2.67. The van der Waals surface area contributed by atoms with Crippen LogP contribution in [0.2, 0.25) is 10.0 Å². The average Bonchev–Trinajstić information content (AvgIpc) is 3.30. The van der Waals surface area contributed by atoms with Gasteiger partial charge in [-0.05, 0) is 42.5 Å². The first kappa shape index (κ1) is 22.6. The number of pyridine rings is 2. The minimum atomic E-state index is -4.58. The van der Waals surface area contributed by atoms with Gasteiger partial charge in [0.15, 0.2) is 0 Å². The predicted octanol–water partition coefficient (Wildman–Crippen LogP) is 6.84. The number of anilines is 1. The molecule has 6 nitrogen and oxygen atoms in total. The first-order valence-corrected chi connectivity index (χ1v) is 10.1. The molecule has 11 heteroatoms. The van der Waals surface area contributed by atoms with Gasteiger partial charge >= 0.3 is 6.18 Å². The smallest absolute Gasteiger partial charge is 0.417 e. The number of hydrogen-bond donors (Lipinski definition) is 2. The van der Waals surface area contributed by atoms with Crippen molar-refractivity contribution in [1.82, 2.24) is 15.0 Å². The van der Waals surface area contributed by atoms with Crippen molar-refractivity contribution in [2.45, 2.75) is 6.18 Å². The van der Waals surface area contributed by atoms with E-state index in [9.17, 15) is 18.0 Å². The van der Waals surface area contributed by atoms with E-state index in [2.05, 4.69) is 20.3 Å². The van der Waals surface area contributed by atoms with Crippen molar-refractivity contribution in [2.75, 3.05) is 5.32 Å². The molecule has 2 N–H and O–H groups in total. The Morgan fingerprint density at radius 2 is 1.88 bits per heavy atom. The molecule has 0 unspecified atom stereocenters. The molecule has 0 atom stereocenters. The van der Waals surface area contributed by atoms with E-state index < -0.39 is 17.6 Å². The lowest BCUT2D eigenvalue weighted by Crippen LogP contribution is -2.12. The van der Waals surface area contributed by atoms with Gasteiger partial charge in [0.1, 0.15) is 10.8 Å². The van der Waals surface area contributed by atoms with Crippen LogP contribution in [-0.4, -0.2) is 20.9 Å². The summed E-state index contributed by atoms with van der Waals surface area (Å²) < 4.78 is 44.4. The quantitative estimate of drug-likeness (QED) is 0.319. The van der Waals surface area contributed by atoms with Crippen molar-refractivity contribution in [3.63, 3.8) is 0 Å². The maximum Gasteiger partial charge on any atom is 0.417 e. The second-order valence-electron chi connectivity index (χ2n) is 6.72. The highest BCUT2D eigenvalue weighted by atomic mass is 35.5. The van der Waals surface area contributed by atoms with Gasteiger partial charge in [0, 0.05) is 41.7 Å². The maximum absolute atomic E-state index is 12.9. The molecule has 168 valence electrons. The molecule has 0 radical (unpaired) electrons. The summed E-state index contributed by atoms with van der Waals surface area (Å²) in [5.41, 5.74) is 0.762. The number of alkyl halides is 3. The molecule has 1 amide bonds. The number of rotatable bonds is 5. The molecule has 0 saturated heterocycles. The lowest BCUT2D eigenvalue weighted by Gasteiger charge is -2.14. The summed E-state index contributed by atoms with van der Waals surface area (Å²) in [6.07, 6.45) is 0.556. The predicted molar refractivity (Wildman–Crippen MR) is 118 cm³/mol. The van der Waals surface area contributed by atoms with Gasteiger partial charge in [-0.3, -0.25) is 9.78 Å². The fraction of sp³-hybridized carbons (Fsp3) is 0.0455. The summed E-state index contributed by atoms with van der Waals surface area (Å²) in [6, 6.07) is 10.5. The Morgan fingerprint density at radius 1 is 1.06 bits per heavy atom. The molecular formula is C22H13Cl2F3N4O2. The van der Waals surface area contributed by atoms with Crippen molar-refractivity contribution in [3.05, 3.63) is 88.4 Å². The minimum Gasteiger partial charge on any atom is -0.437 e. The summed E-state index contributed by atoms with van der Waals surface area (Å²) >= 11 is 12.0. The Labute approximate surface area is 195 Å². The molecule has 1 aromatic carbocycles. The van der Waals surface area contributed by atoms with Crippen LogP contribution in [0.3, 0.4) is 0 Å². The van der Waals surface area contributed by atoms with Gasteiger partial charge < -0.3 is 15.0 Å². The zero-order chi connectivity index (χ0) is 23.6. The molecular weight excluding hydrogens is 480 g/mol. The summed E-state index contributed by atoms with van der Waals surface area (Å²) in [7, 11) is 0. The van der Waals surface area contributed by atoms with Crippen LogP contribution in [0.4, 0.5) is 18.9 Å². The molecule has 4 aromatic rings. The Bertz CT molecular complexity index is 1310. The Hall–Kier alpha value is -3.56. The van der Waals surface area contributed by atoms with Crippen molar-refractivity contribution in [2.24, 2.45) is 0 Å². The van der Waals surface area contributed by atoms with E-state index in [0.29, 0.717) is 23.1 Å². The number of nitrogens with zero attached hydrogens (tertiary/aromatic N) is 2. The second kappa shape index (κ2) is 9.13. The average molecular weight is 493 g/mol. The summed E-state index contributed by atoms with van der Waals surface area (Å²) in [5.74, 6) is -0.410. The number of halogens is 5. The third-order valence-corrected chi connectivity index (χ3v) is 5.08. The number of hydrogen-bond acceptors (Lipinski definition) is 4. The van der Waals surface area contributed by atoms with Gasteiger partial charge in [-0.1, -0.05) is 23.2 Å².